The molecule has 0 aliphatic heterocycles. The lowest BCUT2D eigenvalue weighted by atomic mass is 9.95. The maximum Gasteiger partial charge on any atom is 0.165 e. The van der Waals surface area contributed by atoms with Crippen LogP contribution in [-0.4, -0.2) is 19.8 Å². The molecule has 0 amide bonds. The number of nitrogens with one attached hydrogen (secondary N) is 1. The fraction of sp³-hybridized carbons (Fsp3) is 0.625. The van der Waals surface area contributed by atoms with E-state index in [4.69, 9.17) is 9.47 Å². The van der Waals surface area contributed by atoms with E-state index in [1.807, 2.05) is 19.1 Å². The fourth-order valence-electron chi connectivity index (χ4n) is 2.76. The highest BCUT2D eigenvalue weighted by Crippen LogP contribution is 2.31. The molecule has 0 heterocycles. The molecule has 1 aromatic carbocycles. The Bertz CT molecular complexity index is 386. The van der Waals surface area contributed by atoms with Gasteiger partial charge in [0.15, 0.2) is 11.5 Å². The topological polar surface area (TPSA) is 30.5 Å². The van der Waals surface area contributed by atoms with Crippen LogP contribution >= 0.6 is 0 Å². The number of para-hydroxylation sites is 1. The molecule has 0 saturated heterocycles. The molecule has 0 aromatic heterocycles. The normalized spacial score (nSPS) is 16.3. The van der Waals surface area contributed by atoms with Gasteiger partial charge in [-0.05, 0) is 25.8 Å². The van der Waals surface area contributed by atoms with Gasteiger partial charge in [-0.25, -0.2) is 0 Å². The van der Waals surface area contributed by atoms with Gasteiger partial charge in [-0.15, -0.1) is 0 Å². The molecular formula is C16H25NO2. The van der Waals surface area contributed by atoms with Gasteiger partial charge in [-0.3, -0.25) is 0 Å². The zero-order valence-electron chi connectivity index (χ0n) is 12.1. The molecule has 1 saturated carbocycles. The molecule has 106 valence electrons. The zero-order chi connectivity index (χ0) is 13.5. The highest BCUT2D eigenvalue weighted by atomic mass is 16.5. The van der Waals surface area contributed by atoms with E-state index in [2.05, 4.69) is 11.4 Å². The van der Waals surface area contributed by atoms with Gasteiger partial charge in [0.25, 0.3) is 0 Å². The second kappa shape index (κ2) is 7.39. The van der Waals surface area contributed by atoms with Crippen LogP contribution in [0.5, 0.6) is 11.5 Å². The maximum absolute atomic E-state index is 5.61. The van der Waals surface area contributed by atoms with Crippen LogP contribution in [0, 0.1) is 0 Å². The lowest BCUT2D eigenvalue weighted by Gasteiger charge is -2.23. The minimum Gasteiger partial charge on any atom is -0.493 e. The third-order valence-corrected chi connectivity index (χ3v) is 3.75. The predicted octanol–water partition coefficient (Wildman–Crippen LogP) is 3.52. The first-order valence-electron chi connectivity index (χ1n) is 7.37. The molecule has 3 heteroatoms. The van der Waals surface area contributed by atoms with Crippen molar-refractivity contribution in [2.45, 2.75) is 51.6 Å². The van der Waals surface area contributed by atoms with Crippen molar-refractivity contribution in [2.24, 2.45) is 0 Å². The average Bonchev–Trinajstić information content (AvgIpc) is 2.46. The molecule has 1 aliphatic rings. The van der Waals surface area contributed by atoms with Gasteiger partial charge in [0.2, 0.25) is 0 Å². The summed E-state index contributed by atoms with van der Waals surface area (Å²) in [5.41, 5.74) is 1.18. The van der Waals surface area contributed by atoms with Crippen LogP contribution in [0.3, 0.4) is 0 Å². The lowest BCUT2D eigenvalue weighted by molar-refractivity contribution is 0.307. The van der Waals surface area contributed by atoms with Crippen molar-refractivity contribution in [1.29, 1.82) is 0 Å². The van der Waals surface area contributed by atoms with Gasteiger partial charge in [0, 0.05) is 18.2 Å². The lowest BCUT2D eigenvalue weighted by Crippen LogP contribution is -2.30. The Morgan fingerprint density at radius 3 is 2.68 bits per heavy atom. The van der Waals surface area contributed by atoms with E-state index >= 15 is 0 Å². The summed E-state index contributed by atoms with van der Waals surface area (Å²) < 4.78 is 11.1. The summed E-state index contributed by atoms with van der Waals surface area (Å²) in [6.45, 7) is 3.51. The van der Waals surface area contributed by atoms with Crippen molar-refractivity contribution in [3.05, 3.63) is 23.8 Å². The average molecular weight is 263 g/mol. The summed E-state index contributed by atoms with van der Waals surface area (Å²) in [5.74, 6) is 1.71. The highest BCUT2D eigenvalue weighted by molar-refractivity contribution is 5.46. The Labute approximate surface area is 116 Å². The SMILES string of the molecule is CCOc1cccc(CNC2CCCCC2)c1OC. The van der Waals surface area contributed by atoms with Crippen molar-refractivity contribution in [3.63, 3.8) is 0 Å². The zero-order valence-corrected chi connectivity index (χ0v) is 12.1. The Hall–Kier alpha value is -1.22. The Morgan fingerprint density at radius 1 is 1.21 bits per heavy atom. The first-order valence-corrected chi connectivity index (χ1v) is 7.37. The monoisotopic (exact) mass is 263 g/mol. The van der Waals surface area contributed by atoms with Crippen LogP contribution in [0.15, 0.2) is 18.2 Å². The van der Waals surface area contributed by atoms with Gasteiger partial charge < -0.3 is 14.8 Å². The summed E-state index contributed by atoms with van der Waals surface area (Å²) in [6.07, 6.45) is 6.70. The smallest absolute Gasteiger partial charge is 0.165 e. The number of benzene rings is 1. The van der Waals surface area contributed by atoms with Crippen LogP contribution in [0.25, 0.3) is 0 Å². The predicted molar refractivity (Wildman–Crippen MR) is 77.9 cm³/mol. The molecule has 1 aromatic rings. The van der Waals surface area contributed by atoms with E-state index in [1.54, 1.807) is 7.11 Å². The minimum atomic E-state index is 0.661. The van der Waals surface area contributed by atoms with Gasteiger partial charge in [0.1, 0.15) is 0 Å². The minimum absolute atomic E-state index is 0.661. The fourth-order valence-corrected chi connectivity index (χ4v) is 2.76. The number of rotatable bonds is 6. The number of hydrogen-bond donors (Lipinski definition) is 1. The van der Waals surface area contributed by atoms with Gasteiger partial charge in [-0.2, -0.15) is 0 Å². The molecule has 1 N–H and O–H groups in total. The molecule has 0 bridgehead atoms. The van der Waals surface area contributed by atoms with Crippen molar-refractivity contribution in [1.82, 2.24) is 5.32 Å². The second-order valence-corrected chi connectivity index (χ2v) is 5.10. The maximum atomic E-state index is 5.61. The van der Waals surface area contributed by atoms with Crippen LogP contribution in [0.1, 0.15) is 44.6 Å². The van der Waals surface area contributed by atoms with Crippen LogP contribution < -0.4 is 14.8 Å². The Balaban J connectivity index is 2.00. The molecule has 1 fully saturated rings. The molecule has 2 rings (SSSR count). The molecule has 1 aliphatic carbocycles. The molecule has 19 heavy (non-hydrogen) atoms. The molecule has 0 unspecified atom stereocenters. The molecule has 0 radical (unpaired) electrons. The largest absolute Gasteiger partial charge is 0.493 e. The third kappa shape index (κ3) is 3.87. The highest BCUT2D eigenvalue weighted by Gasteiger charge is 2.15. The first-order chi connectivity index (χ1) is 9.35. The molecular weight excluding hydrogens is 238 g/mol. The molecule has 3 nitrogen and oxygen atoms in total. The van der Waals surface area contributed by atoms with Crippen molar-refractivity contribution in [2.75, 3.05) is 13.7 Å². The summed E-state index contributed by atoms with van der Waals surface area (Å²) in [5, 5.41) is 3.65. The van der Waals surface area contributed by atoms with Crippen LogP contribution in [0.4, 0.5) is 0 Å². The van der Waals surface area contributed by atoms with E-state index in [9.17, 15) is 0 Å². The number of hydrogen-bond acceptors (Lipinski definition) is 3. The Morgan fingerprint density at radius 2 is 2.00 bits per heavy atom. The number of ether oxygens (including phenoxy) is 2. The summed E-state index contributed by atoms with van der Waals surface area (Å²) in [7, 11) is 1.71. The van der Waals surface area contributed by atoms with E-state index in [1.165, 1.54) is 37.7 Å². The van der Waals surface area contributed by atoms with Crippen LogP contribution in [0.2, 0.25) is 0 Å². The molecule has 0 atom stereocenters. The summed E-state index contributed by atoms with van der Waals surface area (Å²) in [6, 6.07) is 6.77. The first kappa shape index (κ1) is 14.2. The van der Waals surface area contributed by atoms with Crippen molar-refractivity contribution < 1.29 is 9.47 Å². The summed E-state index contributed by atoms with van der Waals surface area (Å²) in [4.78, 5) is 0. The summed E-state index contributed by atoms with van der Waals surface area (Å²) >= 11 is 0. The Kier molecular flexibility index (Phi) is 5.52. The standard InChI is InChI=1S/C16H25NO2/c1-3-19-15-11-7-8-13(16(15)18-2)12-17-14-9-5-4-6-10-14/h7-8,11,14,17H,3-6,9-10,12H2,1-2H3. The van der Waals surface area contributed by atoms with Crippen LogP contribution in [-0.2, 0) is 6.54 Å². The van der Waals surface area contributed by atoms with E-state index in [0.29, 0.717) is 12.6 Å². The van der Waals surface area contributed by atoms with E-state index in [-0.39, 0.29) is 0 Å². The molecule has 0 spiro atoms. The van der Waals surface area contributed by atoms with Gasteiger partial charge >= 0.3 is 0 Å². The van der Waals surface area contributed by atoms with Gasteiger partial charge in [0.05, 0.1) is 13.7 Å². The van der Waals surface area contributed by atoms with Crippen molar-refractivity contribution in [3.8, 4) is 11.5 Å². The van der Waals surface area contributed by atoms with E-state index in [0.717, 1.165) is 18.0 Å². The van der Waals surface area contributed by atoms with Gasteiger partial charge in [-0.1, -0.05) is 31.4 Å². The number of methoxy groups -OCH3 is 1. The third-order valence-electron chi connectivity index (χ3n) is 3.75. The quantitative estimate of drug-likeness (QED) is 0.852. The second-order valence-electron chi connectivity index (χ2n) is 5.10. The van der Waals surface area contributed by atoms with E-state index < -0.39 is 0 Å². The van der Waals surface area contributed by atoms with Crippen molar-refractivity contribution >= 4 is 0 Å².